The zero-order chi connectivity index (χ0) is 20.4. The average Bonchev–Trinajstić information content (AvgIpc) is 3.09. The van der Waals surface area contributed by atoms with Gasteiger partial charge in [0.2, 0.25) is 5.95 Å². The van der Waals surface area contributed by atoms with Crippen LogP contribution in [0.25, 0.3) is 11.2 Å². The maximum absolute atomic E-state index is 12.9. The first-order valence-corrected chi connectivity index (χ1v) is 10.9. The van der Waals surface area contributed by atoms with E-state index in [1.807, 2.05) is 31.2 Å². The van der Waals surface area contributed by atoms with Gasteiger partial charge in [-0.3, -0.25) is 18.9 Å². The molecule has 0 bridgehead atoms. The fourth-order valence-electron chi connectivity index (χ4n) is 3.13. The van der Waals surface area contributed by atoms with Crippen LogP contribution in [0.2, 0.25) is 0 Å². The highest BCUT2D eigenvalue weighted by Crippen LogP contribution is 2.55. The number of nitrogens with zero attached hydrogens (tertiary/aromatic N) is 3. The monoisotopic (exact) mass is 419 g/mol. The van der Waals surface area contributed by atoms with Gasteiger partial charge in [0, 0.05) is 13.0 Å². The molecule has 0 radical (unpaired) electrons. The first-order valence-electron chi connectivity index (χ1n) is 9.20. The normalized spacial score (nSPS) is 22.2. The minimum Gasteiger partial charge on any atom is -0.369 e. The zero-order valence-corrected chi connectivity index (χ0v) is 16.8. The Morgan fingerprint density at radius 2 is 2.17 bits per heavy atom. The summed E-state index contributed by atoms with van der Waals surface area (Å²) < 4.78 is 31.2. The molecule has 3 N–H and O–H groups in total. The van der Waals surface area contributed by atoms with Gasteiger partial charge in [-0.15, -0.1) is 0 Å². The molecular formula is C18H22N5O5P. The van der Waals surface area contributed by atoms with Gasteiger partial charge in [0.15, 0.2) is 11.2 Å². The van der Waals surface area contributed by atoms with Gasteiger partial charge in [-0.1, -0.05) is 29.8 Å². The molecule has 29 heavy (non-hydrogen) atoms. The van der Waals surface area contributed by atoms with Gasteiger partial charge in [0.25, 0.3) is 5.56 Å². The molecule has 1 aromatic carbocycles. The lowest BCUT2D eigenvalue weighted by Gasteiger charge is -2.29. The summed E-state index contributed by atoms with van der Waals surface area (Å²) in [6.45, 7) is 2.92. The predicted molar refractivity (Wildman–Crippen MR) is 107 cm³/mol. The van der Waals surface area contributed by atoms with E-state index >= 15 is 0 Å². The number of fused-ring (bicyclic) bond motifs is 1. The molecule has 1 aliphatic rings. The number of nitrogens with two attached hydrogens (primary N) is 1. The second kappa shape index (κ2) is 8.08. The average molecular weight is 419 g/mol. The molecule has 1 fully saturated rings. The highest BCUT2D eigenvalue weighted by atomic mass is 31.2. The van der Waals surface area contributed by atoms with E-state index in [0.29, 0.717) is 25.2 Å². The molecule has 0 aliphatic carbocycles. The Kier molecular flexibility index (Phi) is 5.51. The van der Waals surface area contributed by atoms with Crippen molar-refractivity contribution >= 4 is 24.7 Å². The minimum atomic E-state index is -3.35. The van der Waals surface area contributed by atoms with E-state index in [2.05, 4.69) is 15.0 Å². The van der Waals surface area contributed by atoms with Crippen molar-refractivity contribution in [1.29, 1.82) is 0 Å². The number of benzene rings is 1. The van der Waals surface area contributed by atoms with Crippen molar-refractivity contribution < 1.29 is 18.3 Å². The molecular weight excluding hydrogens is 397 g/mol. The van der Waals surface area contributed by atoms with Crippen molar-refractivity contribution in [3.8, 4) is 0 Å². The second-order valence-electron chi connectivity index (χ2n) is 6.84. The third-order valence-corrected chi connectivity index (χ3v) is 6.27. The van der Waals surface area contributed by atoms with Crippen LogP contribution in [0, 0.1) is 6.92 Å². The molecule has 4 rings (SSSR count). The molecule has 2 atom stereocenters. The Bertz CT molecular complexity index is 1110. The predicted octanol–water partition coefficient (Wildman–Crippen LogP) is 2.36. The first-order chi connectivity index (χ1) is 13.9. The number of rotatable bonds is 6. The molecule has 0 saturated carbocycles. The number of anilines is 1. The Balaban J connectivity index is 1.35. The number of H-pyrrole nitrogens is 1. The molecule has 11 heteroatoms. The molecule has 154 valence electrons. The number of aromatic nitrogens is 4. The van der Waals surface area contributed by atoms with Crippen molar-refractivity contribution in [3.05, 3.63) is 52.1 Å². The minimum absolute atomic E-state index is 0.0146. The number of imidazole rings is 1. The second-order valence-corrected chi connectivity index (χ2v) is 8.79. The van der Waals surface area contributed by atoms with Crippen molar-refractivity contribution in [2.24, 2.45) is 0 Å². The Morgan fingerprint density at radius 1 is 1.38 bits per heavy atom. The van der Waals surface area contributed by atoms with Gasteiger partial charge < -0.3 is 19.6 Å². The van der Waals surface area contributed by atoms with Crippen molar-refractivity contribution in [3.63, 3.8) is 0 Å². The molecule has 1 saturated heterocycles. The fourth-order valence-corrected chi connectivity index (χ4v) is 4.67. The summed E-state index contributed by atoms with van der Waals surface area (Å²) in [6.07, 6.45) is 1.68. The number of aromatic amines is 1. The van der Waals surface area contributed by atoms with Crippen LogP contribution in [0.3, 0.4) is 0 Å². The number of hydrogen-bond acceptors (Lipinski definition) is 8. The van der Waals surface area contributed by atoms with Gasteiger partial charge in [-0.25, -0.2) is 4.98 Å². The van der Waals surface area contributed by atoms with Crippen molar-refractivity contribution in [1.82, 2.24) is 19.5 Å². The summed E-state index contributed by atoms with van der Waals surface area (Å²) in [4.78, 5) is 22.3. The van der Waals surface area contributed by atoms with Crippen LogP contribution in [0.15, 0.2) is 35.4 Å². The van der Waals surface area contributed by atoms with Crippen LogP contribution in [-0.4, -0.2) is 39.1 Å². The van der Waals surface area contributed by atoms with Crippen molar-refractivity contribution in [2.45, 2.75) is 26.0 Å². The van der Waals surface area contributed by atoms with E-state index in [1.165, 1.54) is 6.33 Å². The zero-order valence-electron chi connectivity index (χ0n) is 15.9. The molecule has 3 heterocycles. The molecule has 1 aliphatic heterocycles. The lowest BCUT2D eigenvalue weighted by Crippen LogP contribution is -2.17. The third-order valence-electron chi connectivity index (χ3n) is 4.62. The van der Waals surface area contributed by atoms with Crippen LogP contribution in [0.4, 0.5) is 5.95 Å². The Labute approximate surface area is 166 Å². The van der Waals surface area contributed by atoms with Gasteiger partial charge in [0.05, 0.1) is 25.6 Å². The number of nitrogen functional groups attached to an aromatic ring is 1. The summed E-state index contributed by atoms with van der Waals surface area (Å²) in [5.74, 6) is 0.0146. The summed E-state index contributed by atoms with van der Waals surface area (Å²) in [5, 5.41) is 0. The summed E-state index contributed by atoms with van der Waals surface area (Å²) >= 11 is 0. The maximum Gasteiger partial charge on any atom is 0.356 e. The topological polar surface area (TPSA) is 134 Å². The summed E-state index contributed by atoms with van der Waals surface area (Å²) in [5.41, 5.74) is 7.87. The van der Waals surface area contributed by atoms with E-state index in [9.17, 15) is 9.36 Å². The number of hydrogen-bond donors (Lipinski definition) is 2. The lowest BCUT2D eigenvalue weighted by molar-refractivity contribution is 0.0563. The van der Waals surface area contributed by atoms with Gasteiger partial charge >= 0.3 is 7.60 Å². The lowest BCUT2D eigenvalue weighted by atomic mass is 10.1. The Morgan fingerprint density at radius 3 is 2.97 bits per heavy atom. The summed E-state index contributed by atoms with van der Waals surface area (Å²) in [6, 6.07) is 7.94. The van der Waals surface area contributed by atoms with E-state index in [-0.39, 0.29) is 30.5 Å². The SMILES string of the molecule is Cc1ccc(C2CCOP(=O)(COCCn3cnc4c(=O)[nH]c(N)nc43)O2)cc1. The molecule has 0 spiro atoms. The Hall–Kier alpha value is -2.52. The van der Waals surface area contributed by atoms with Crippen molar-refractivity contribution in [2.75, 3.05) is 25.3 Å². The van der Waals surface area contributed by atoms with Gasteiger partial charge in [-0.05, 0) is 12.5 Å². The smallest absolute Gasteiger partial charge is 0.356 e. The van der Waals surface area contributed by atoms with E-state index in [4.69, 9.17) is 19.5 Å². The maximum atomic E-state index is 12.9. The molecule has 3 aromatic rings. The number of nitrogens with one attached hydrogen (secondary N) is 1. The molecule has 2 aromatic heterocycles. The van der Waals surface area contributed by atoms with E-state index in [0.717, 1.165) is 11.1 Å². The molecule has 2 unspecified atom stereocenters. The summed E-state index contributed by atoms with van der Waals surface area (Å²) in [7, 11) is -3.35. The van der Waals surface area contributed by atoms with Gasteiger partial charge in [0.1, 0.15) is 6.35 Å². The highest BCUT2D eigenvalue weighted by molar-refractivity contribution is 7.53. The largest absolute Gasteiger partial charge is 0.369 e. The highest BCUT2D eigenvalue weighted by Gasteiger charge is 2.34. The third kappa shape index (κ3) is 4.40. The number of ether oxygens (including phenoxy) is 1. The fraction of sp³-hybridized carbons (Fsp3) is 0.389. The standard InChI is InChI=1S/C18H22N5O5P/c1-12-2-4-13(5-3-12)14-6-8-27-29(25,28-14)11-26-9-7-23-10-20-15-16(23)21-18(19)22-17(15)24/h2-5,10,14H,6-9,11H2,1H3,(H3,19,21,22,24). The van der Waals surface area contributed by atoms with Crippen LogP contribution in [-0.2, 0) is 24.9 Å². The molecule has 0 amide bonds. The first kappa shape index (κ1) is 19.8. The van der Waals surface area contributed by atoms with E-state index in [1.54, 1.807) is 4.57 Å². The van der Waals surface area contributed by atoms with Crippen LogP contribution < -0.4 is 11.3 Å². The van der Waals surface area contributed by atoms with Crippen LogP contribution >= 0.6 is 7.60 Å². The van der Waals surface area contributed by atoms with Gasteiger partial charge in [-0.2, -0.15) is 4.98 Å². The van der Waals surface area contributed by atoms with E-state index < -0.39 is 13.2 Å². The quantitative estimate of drug-likeness (QED) is 0.459. The van der Waals surface area contributed by atoms with Crippen LogP contribution in [0.1, 0.15) is 23.7 Å². The van der Waals surface area contributed by atoms with Crippen LogP contribution in [0.5, 0.6) is 0 Å². The number of aryl methyl sites for hydroxylation is 1. The molecule has 10 nitrogen and oxygen atoms in total.